The van der Waals surface area contributed by atoms with Gasteiger partial charge < -0.3 is 15.7 Å². The Labute approximate surface area is 128 Å². The SMILES string of the molecule is CCCNc1ccc([N+](=O)[O-])c(NCCSCCCO)n1. The molecule has 0 bridgehead atoms. The second-order valence-corrected chi connectivity index (χ2v) is 5.59. The van der Waals surface area contributed by atoms with Crippen LogP contribution in [-0.2, 0) is 0 Å². The van der Waals surface area contributed by atoms with Gasteiger partial charge in [0, 0.05) is 31.5 Å². The summed E-state index contributed by atoms with van der Waals surface area (Å²) >= 11 is 1.69. The number of aromatic nitrogens is 1. The molecule has 21 heavy (non-hydrogen) atoms. The van der Waals surface area contributed by atoms with Crippen LogP contribution in [0.25, 0.3) is 0 Å². The highest BCUT2D eigenvalue weighted by atomic mass is 32.2. The molecular formula is C13H22N4O3S. The van der Waals surface area contributed by atoms with E-state index in [0.717, 1.165) is 30.9 Å². The number of hydrogen-bond donors (Lipinski definition) is 3. The third kappa shape index (κ3) is 6.63. The van der Waals surface area contributed by atoms with Gasteiger partial charge in [0.05, 0.1) is 4.92 Å². The molecule has 0 unspecified atom stereocenters. The van der Waals surface area contributed by atoms with Crippen LogP contribution in [0, 0.1) is 10.1 Å². The first-order chi connectivity index (χ1) is 10.2. The molecule has 0 radical (unpaired) electrons. The van der Waals surface area contributed by atoms with E-state index < -0.39 is 4.92 Å². The summed E-state index contributed by atoms with van der Waals surface area (Å²) in [4.78, 5) is 14.8. The molecule has 0 spiro atoms. The summed E-state index contributed by atoms with van der Waals surface area (Å²) in [5, 5.41) is 25.8. The molecule has 0 aliphatic heterocycles. The molecule has 0 aliphatic rings. The minimum atomic E-state index is -0.433. The summed E-state index contributed by atoms with van der Waals surface area (Å²) in [6.45, 7) is 3.61. The van der Waals surface area contributed by atoms with Gasteiger partial charge in [-0.05, 0) is 24.7 Å². The average Bonchev–Trinajstić information content (AvgIpc) is 2.48. The highest BCUT2D eigenvalue weighted by molar-refractivity contribution is 7.99. The molecule has 8 heteroatoms. The van der Waals surface area contributed by atoms with E-state index in [1.807, 2.05) is 6.92 Å². The highest BCUT2D eigenvalue weighted by Gasteiger charge is 2.15. The molecule has 0 saturated heterocycles. The van der Waals surface area contributed by atoms with Gasteiger partial charge in [-0.3, -0.25) is 10.1 Å². The Kier molecular flexibility index (Phi) is 8.53. The van der Waals surface area contributed by atoms with Gasteiger partial charge in [0.15, 0.2) is 0 Å². The molecule has 0 atom stereocenters. The van der Waals surface area contributed by atoms with Gasteiger partial charge in [-0.1, -0.05) is 6.92 Å². The fourth-order valence-corrected chi connectivity index (χ4v) is 2.37. The van der Waals surface area contributed by atoms with Gasteiger partial charge >= 0.3 is 5.69 Å². The fraction of sp³-hybridized carbons (Fsp3) is 0.615. The zero-order valence-electron chi connectivity index (χ0n) is 12.2. The number of thioether (sulfide) groups is 1. The molecule has 0 aliphatic carbocycles. The van der Waals surface area contributed by atoms with E-state index in [2.05, 4.69) is 15.6 Å². The lowest BCUT2D eigenvalue weighted by molar-refractivity contribution is -0.384. The number of rotatable bonds is 11. The quantitative estimate of drug-likeness (QED) is 0.327. The lowest BCUT2D eigenvalue weighted by Crippen LogP contribution is -2.10. The number of nitrogens with one attached hydrogen (secondary N) is 2. The van der Waals surface area contributed by atoms with Crippen LogP contribution in [0.1, 0.15) is 19.8 Å². The summed E-state index contributed by atoms with van der Waals surface area (Å²) in [5.41, 5.74) is -0.0163. The molecule has 0 saturated carbocycles. The predicted molar refractivity (Wildman–Crippen MR) is 87.2 cm³/mol. The molecule has 7 nitrogen and oxygen atoms in total. The van der Waals surface area contributed by atoms with Crippen molar-refractivity contribution in [3.05, 3.63) is 22.2 Å². The number of aliphatic hydroxyl groups excluding tert-OH is 1. The lowest BCUT2D eigenvalue weighted by atomic mass is 10.3. The van der Waals surface area contributed by atoms with Crippen LogP contribution in [0.2, 0.25) is 0 Å². The van der Waals surface area contributed by atoms with Crippen molar-refractivity contribution >= 4 is 29.1 Å². The first kappa shape index (κ1) is 17.5. The van der Waals surface area contributed by atoms with Crippen molar-refractivity contribution < 1.29 is 10.0 Å². The molecule has 1 aromatic heterocycles. The largest absolute Gasteiger partial charge is 0.396 e. The van der Waals surface area contributed by atoms with Gasteiger partial charge in [0.1, 0.15) is 5.82 Å². The zero-order valence-corrected chi connectivity index (χ0v) is 13.0. The Hall–Kier alpha value is -1.54. The van der Waals surface area contributed by atoms with E-state index in [1.54, 1.807) is 17.8 Å². The molecule has 1 heterocycles. The van der Waals surface area contributed by atoms with Crippen LogP contribution < -0.4 is 10.6 Å². The van der Waals surface area contributed by atoms with Crippen LogP contribution in [0.3, 0.4) is 0 Å². The van der Waals surface area contributed by atoms with Gasteiger partial charge in [-0.2, -0.15) is 11.8 Å². The summed E-state index contributed by atoms with van der Waals surface area (Å²) in [7, 11) is 0. The van der Waals surface area contributed by atoms with Gasteiger partial charge in [0.25, 0.3) is 0 Å². The van der Waals surface area contributed by atoms with Crippen molar-refractivity contribution in [3.63, 3.8) is 0 Å². The van der Waals surface area contributed by atoms with Gasteiger partial charge in [0.2, 0.25) is 5.82 Å². The van der Waals surface area contributed by atoms with E-state index in [1.165, 1.54) is 6.07 Å². The minimum Gasteiger partial charge on any atom is -0.396 e. The Morgan fingerprint density at radius 2 is 2.14 bits per heavy atom. The van der Waals surface area contributed by atoms with Gasteiger partial charge in [-0.25, -0.2) is 4.98 Å². The van der Waals surface area contributed by atoms with E-state index >= 15 is 0 Å². The summed E-state index contributed by atoms with van der Waals surface area (Å²) in [6.07, 6.45) is 1.72. The average molecular weight is 314 g/mol. The fourth-order valence-electron chi connectivity index (χ4n) is 1.59. The van der Waals surface area contributed by atoms with E-state index in [9.17, 15) is 10.1 Å². The summed E-state index contributed by atoms with van der Waals surface area (Å²) in [5.74, 6) is 2.62. The van der Waals surface area contributed by atoms with Crippen molar-refractivity contribution in [2.75, 3.05) is 41.8 Å². The number of anilines is 2. The molecule has 118 valence electrons. The van der Waals surface area contributed by atoms with Crippen LogP contribution >= 0.6 is 11.8 Å². The van der Waals surface area contributed by atoms with Crippen LogP contribution in [0.5, 0.6) is 0 Å². The zero-order chi connectivity index (χ0) is 15.5. The standard InChI is InChI=1S/C13H22N4O3S/c1-2-6-14-12-5-4-11(17(19)20)13(16-12)15-7-10-21-9-3-8-18/h4-5,18H,2-3,6-10H2,1H3,(H2,14,15,16). The number of pyridine rings is 1. The molecule has 0 amide bonds. The Balaban J connectivity index is 2.57. The second-order valence-electron chi connectivity index (χ2n) is 4.36. The molecular weight excluding hydrogens is 292 g/mol. The monoisotopic (exact) mass is 314 g/mol. The number of aliphatic hydroxyl groups is 1. The Bertz CT molecular complexity index is 445. The predicted octanol–water partition coefficient (Wildman–Crippen LogP) is 2.34. The van der Waals surface area contributed by atoms with Crippen molar-refractivity contribution in [1.82, 2.24) is 4.98 Å². The normalized spacial score (nSPS) is 10.4. The molecule has 1 rings (SSSR count). The maximum atomic E-state index is 11.0. The Morgan fingerprint density at radius 3 is 2.81 bits per heavy atom. The first-order valence-electron chi connectivity index (χ1n) is 7.00. The van der Waals surface area contributed by atoms with Crippen molar-refractivity contribution in [2.45, 2.75) is 19.8 Å². The van der Waals surface area contributed by atoms with Crippen LogP contribution in [0.15, 0.2) is 12.1 Å². The number of nitro groups is 1. The minimum absolute atomic E-state index is 0.0163. The second kappa shape index (κ2) is 10.2. The van der Waals surface area contributed by atoms with Crippen LogP contribution in [-0.4, -0.2) is 46.2 Å². The molecule has 1 aromatic rings. The molecule has 3 N–H and O–H groups in total. The third-order valence-electron chi connectivity index (χ3n) is 2.61. The maximum Gasteiger partial charge on any atom is 0.311 e. The maximum absolute atomic E-state index is 11.0. The summed E-state index contributed by atoms with van der Waals surface area (Å²) < 4.78 is 0. The van der Waals surface area contributed by atoms with E-state index in [4.69, 9.17) is 5.11 Å². The van der Waals surface area contributed by atoms with E-state index in [-0.39, 0.29) is 12.3 Å². The number of hydrogen-bond acceptors (Lipinski definition) is 7. The first-order valence-corrected chi connectivity index (χ1v) is 8.16. The smallest absolute Gasteiger partial charge is 0.311 e. The van der Waals surface area contributed by atoms with Crippen LogP contribution in [0.4, 0.5) is 17.3 Å². The number of nitrogens with zero attached hydrogens (tertiary/aromatic N) is 2. The summed E-state index contributed by atoms with van der Waals surface area (Å²) in [6, 6.07) is 3.08. The van der Waals surface area contributed by atoms with Gasteiger partial charge in [-0.15, -0.1) is 0 Å². The highest BCUT2D eigenvalue weighted by Crippen LogP contribution is 2.24. The Morgan fingerprint density at radius 1 is 1.33 bits per heavy atom. The van der Waals surface area contributed by atoms with Crippen molar-refractivity contribution in [3.8, 4) is 0 Å². The van der Waals surface area contributed by atoms with E-state index in [0.29, 0.717) is 18.2 Å². The lowest BCUT2D eigenvalue weighted by Gasteiger charge is -2.09. The molecule has 0 aromatic carbocycles. The topological polar surface area (TPSA) is 100 Å². The van der Waals surface area contributed by atoms with Crippen molar-refractivity contribution in [1.29, 1.82) is 0 Å². The van der Waals surface area contributed by atoms with Crippen molar-refractivity contribution in [2.24, 2.45) is 0 Å². The third-order valence-corrected chi connectivity index (χ3v) is 3.68. The molecule has 0 fully saturated rings.